The molecule has 1 unspecified atom stereocenters. The SMILES string of the molecule is Cc1cc(C)c(S(=O)(=O)N2CCCCC2COCC(=O)N2CCC(N3CCN(C)CC3)CC2)c(C)c1. The first-order valence-electron chi connectivity index (χ1n) is 13.5. The largest absolute Gasteiger partial charge is 0.370 e. The molecule has 36 heavy (non-hydrogen) atoms. The lowest BCUT2D eigenvalue weighted by Crippen LogP contribution is -2.53. The molecule has 4 rings (SSSR count). The van der Waals surface area contributed by atoms with Gasteiger partial charge in [0.05, 0.1) is 11.5 Å². The van der Waals surface area contributed by atoms with Crippen LogP contribution in [0.2, 0.25) is 0 Å². The van der Waals surface area contributed by atoms with E-state index in [-0.39, 0.29) is 25.2 Å². The molecule has 3 aliphatic rings. The van der Waals surface area contributed by atoms with Gasteiger partial charge in [0.15, 0.2) is 0 Å². The van der Waals surface area contributed by atoms with Crippen LogP contribution >= 0.6 is 0 Å². The molecule has 0 aromatic heterocycles. The monoisotopic (exact) mass is 520 g/mol. The van der Waals surface area contributed by atoms with Crippen LogP contribution in [0.1, 0.15) is 48.8 Å². The summed E-state index contributed by atoms with van der Waals surface area (Å²) in [6, 6.07) is 4.19. The Morgan fingerprint density at radius 2 is 1.56 bits per heavy atom. The van der Waals surface area contributed by atoms with Crippen LogP contribution in [0.5, 0.6) is 0 Å². The number of hydrogen-bond donors (Lipinski definition) is 0. The first-order chi connectivity index (χ1) is 17.2. The summed E-state index contributed by atoms with van der Waals surface area (Å²) in [5, 5.41) is 0. The number of ether oxygens (including phenoxy) is 1. The van der Waals surface area contributed by atoms with E-state index in [4.69, 9.17) is 4.74 Å². The van der Waals surface area contributed by atoms with Crippen LogP contribution in [0, 0.1) is 20.8 Å². The van der Waals surface area contributed by atoms with Crippen LogP contribution in [0.4, 0.5) is 0 Å². The van der Waals surface area contributed by atoms with Gasteiger partial charge < -0.3 is 14.5 Å². The summed E-state index contributed by atoms with van der Waals surface area (Å²) in [7, 11) is -1.46. The second kappa shape index (κ2) is 11.9. The Bertz CT molecular complexity index is 992. The molecule has 3 aliphatic heterocycles. The molecule has 0 spiro atoms. The van der Waals surface area contributed by atoms with Crippen LogP contribution in [0.15, 0.2) is 17.0 Å². The Hall–Kier alpha value is -1.52. The molecule has 0 saturated carbocycles. The zero-order valence-corrected chi connectivity index (χ0v) is 23.4. The minimum absolute atomic E-state index is 0.0160. The number of sulfonamides is 1. The number of piperazine rings is 1. The molecular formula is C27H44N4O4S. The Morgan fingerprint density at radius 1 is 0.917 bits per heavy atom. The second-order valence-electron chi connectivity index (χ2n) is 11.0. The minimum atomic E-state index is -3.63. The zero-order chi connectivity index (χ0) is 25.9. The van der Waals surface area contributed by atoms with Gasteiger partial charge in [-0.2, -0.15) is 4.31 Å². The fourth-order valence-electron chi connectivity index (χ4n) is 6.19. The van der Waals surface area contributed by atoms with Crippen LogP contribution in [0.3, 0.4) is 0 Å². The summed E-state index contributed by atoms with van der Waals surface area (Å²) in [5.41, 5.74) is 2.63. The smallest absolute Gasteiger partial charge is 0.248 e. The molecule has 0 aliphatic carbocycles. The van der Waals surface area contributed by atoms with Gasteiger partial charge >= 0.3 is 0 Å². The van der Waals surface area contributed by atoms with Gasteiger partial charge in [-0.3, -0.25) is 9.69 Å². The third-order valence-corrected chi connectivity index (χ3v) is 10.4. The number of likely N-dealkylation sites (N-methyl/N-ethyl adjacent to an activating group) is 1. The highest BCUT2D eigenvalue weighted by Crippen LogP contribution is 2.30. The molecule has 3 heterocycles. The Morgan fingerprint density at radius 3 is 2.19 bits per heavy atom. The quantitative estimate of drug-likeness (QED) is 0.550. The van der Waals surface area contributed by atoms with Crippen molar-refractivity contribution in [1.82, 2.24) is 19.0 Å². The number of likely N-dealkylation sites (tertiary alicyclic amines) is 1. The lowest BCUT2D eigenvalue weighted by Gasteiger charge is -2.42. The molecule has 0 bridgehead atoms. The van der Waals surface area contributed by atoms with Crippen molar-refractivity contribution in [2.24, 2.45) is 0 Å². The van der Waals surface area contributed by atoms with Gasteiger partial charge in [0.1, 0.15) is 6.61 Å². The van der Waals surface area contributed by atoms with E-state index in [0.29, 0.717) is 17.5 Å². The third-order valence-electron chi connectivity index (χ3n) is 8.15. The van der Waals surface area contributed by atoms with E-state index in [2.05, 4.69) is 16.8 Å². The highest BCUT2D eigenvalue weighted by Gasteiger charge is 2.36. The van der Waals surface area contributed by atoms with Crippen molar-refractivity contribution in [2.45, 2.75) is 69.9 Å². The number of amides is 1. The van der Waals surface area contributed by atoms with Crippen molar-refractivity contribution in [3.8, 4) is 0 Å². The van der Waals surface area contributed by atoms with Crippen molar-refractivity contribution >= 4 is 15.9 Å². The molecule has 9 heteroatoms. The number of benzene rings is 1. The molecule has 0 radical (unpaired) electrons. The van der Waals surface area contributed by atoms with Crippen molar-refractivity contribution in [1.29, 1.82) is 0 Å². The van der Waals surface area contributed by atoms with E-state index in [1.807, 2.05) is 37.8 Å². The Labute approximate surface area is 217 Å². The summed E-state index contributed by atoms with van der Waals surface area (Å²) < 4.78 is 34.8. The summed E-state index contributed by atoms with van der Waals surface area (Å²) in [4.78, 5) is 20.1. The average molecular weight is 521 g/mol. The lowest BCUT2D eigenvalue weighted by molar-refractivity contribution is -0.138. The predicted octanol–water partition coefficient (Wildman–Crippen LogP) is 2.41. The van der Waals surface area contributed by atoms with Gasteiger partial charge in [-0.25, -0.2) is 8.42 Å². The number of hydrogen-bond acceptors (Lipinski definition) is 6. The molecule has 3 fully saturated rings. The summed E-state index contributed by atoms with van der Waals surface area (Å²) >= 11 is 0. The van der Waals surface area contributed by atoms with E-state index in [0.717, 1.165) is 88.1 Å². The van der Waals surface area contributed by atoms with Crippen LogP contribution in [-0.4, -0.2) is 111 Å². The van der Waals surface area contributed by atoms with E-state index in [1.54, 1.807) is 4.31 Å². The fraction of sp³-hybridized carbons (Fsp3) is 0.741. The van der Waals surface area contributed by atoms with Gasteiger partial charge in [-0.15, -0.1) is 0 Å². The highest BCUT2D eigenvalue weighted by molar-refractivity contribution is 7.89. The van der Waals surface area contributed by atoms with Crippen molar-refractivity contribution in [3.63, 3.8) is 0 Å². The maximum Gasteiger partial charge on any atom is 0.248 e. The highest BCUT2D eigenvalue weighted by atomic mass is 32.2. The van der Waals surface area contributed by atoms with E-state index >= 15 is 0 Å². The lowest BCUT2D eigenvalue weighted by atomic mass is 10.0. The number of carbonyl (C=O) groups is 1. The molecule has 202 valence electrons. The molecule has 0 N–H and O–H groups in total. The number of rotatable bonds is 7. The van der Waals surface area contributed by atoms with Crippen molar-refractivity contribution < 1.29 is 17.9 Å². The van der Waals surface area contributed by atoms with Crippen LogP contribution in [-0.2, 0) is 19.6 Å². The van der Waals surface area contributed by atoms with E-state index < -0.39 is 10.0 Å². The first kappa shape index (κ1) is 27.5. The minimum Gasteiger partial charge on any atom is -0.370 e. The Balaban J connectivity index is 1.29. The zero-order valence-electron chi connectivity index (χ0n) is 22.5. The molecule has 1 atom stereocenters. The van der Waals surface area contributed by atoms with Gasteiger partial charge in [0.2, 0.25) is 15.9 Å². The summed E-state index contributed by atoms with van der Waals surface area (Å²) in [6.07, 6.45) is 4.60. The number of carbonyl (C=O) groups excluding carboxylic acids is 1. The van der Waals surface area contributed by atoms with Gasteiger partial charge in [0.25, 0.3) is 0 Å². The molecule has 3 saturated heterocycles. The van der Waals surface area contributed by atoms with Crippen LogP contribution < -0.4 is 0 Å². The van der Waals surface area contributed by atoms with Crippen molar-refractivity contribution in [2.75, 3.05) is 66.1 Å². The average Bonchev–Trinajstić information content (AvgIpc) is 2.84. The molecule has 1 amide bonds. The number of nitrogens with zero attached hydrogens (tertiary/aromatic N) is 4. The second-order valence-corrected chi connectivity index (χ2v) is 12.8. The number of aryl methyl sites for hydroxylation is 3. The van der Waals surface area contributed by atoms with Gasteiger partial charge in [-0.1, -0.05) is 24.1 Å². The van der Waals surface area contributed by atoms with Gasteiger partial charge in [-0.05, 0) is 64.6 Å². The standard InChI is InChI=1S/C27H44N4O4S/c1-21-17-22(2)27(23(3)18-21)36(33,34)31-10-6-5-7-25(31)19-35-20-26(32)30-11-8-24(9-12-30)29-15-13-28(4)14-16-29/h17-18,24-25H,5-16,19-20H2,1-4H3. The molecule has 8 nitrogen and oxygen atoms in total. The van der Waals surface area contributed by atoms with E-state index in [9.17, 15) is 13.2 Å². The van der Waals surface area contributed by atoms with Crippen molar-refractivity contribution in [3.05, 3.63) is 28.8 Å². The molecular weight excluding hydrogens is 476 g/mol. The molecule has 1 aromatic rings. The third kappa shape index (κ3) is 6.30. The van der Waals surface area contributed by atoms with Gasteiger partial charge in [0, 0.05) is 57.9 Å². The number of piperidine rings is 2. The summed E-state index contributed by atoms with van der Waals surface area (Å²) in [6.45, 7) is 12.5. The fourth-order valence-corrected chi connectivity index (χ4v) is 8.28. The normalized spacial score (nSPS) is 23.8. The summed E-state index contributed by atoms with van der Waals surface area (Å²) in [5.74, 6) is 0.0160. The Kier molecular flexibility index (Phi) is 9.09. The predicted molar refractivity (Wildman–Crippen MR) is 142 cm³/mol. The van der Waals surface area contributed by atoms with Crippen LogP contribution in [0.25, 0.3) is 0 Å². The topological polar surface area (TPSA) is 73.4 Å². The first-order valence-corrected chi connectivity index (χ1v) is 15.0. The molecule has 1 aromatic carbocycles. The maximum atomic E-state index is 13.7. The van der Waals surface area contributed by atoms with E-state index in [1.165, 1.54) is 0 Å². The maximum absolute atomic E-state index is 13.7.